The first-order valence-corrected chi connectivity index (χ1v) is 11.0. The summed E-state index contributed by atoms with van der Waals surface area (Å²) in [7, 11) is -3.61. The van der Waals surface area contributed by atoms with Crippen LogP contribution in [0, 0.1) is 5.41 Å². The first kappa shape index (κ1) is 20.5. The van der Waals surface area contributed by atoms with Crippen molar-refractivity contribution in [2.24, 2.45) is 5.41 Å². The van der Waals surface area contributed by atoms with Gasteiger partial charge in [0.25, 0.3) is 0 Å². The van der Waals surface area contributed by atoms with E-state index >= 15 is 0 Å². The first-order valence-electron chi connectivity index (χ1n) is 9.47. The normalized spacial score (nSPS) is 14.6. The molecule has 1 N–H and O–H groups in total. The second-order valence-electron chi connectivity index (χ2n) is 8.13. The summed E-state index contributed by atoms with van der Waals surface area (Å²) in [4.78, 5) is 18.8. The maximum Gasteiger partial charge on any atom is 0.240 e. The number of hydrogen-bond acceptors (Lipinski definition) is 4. The van der Waals surface area contributed by atoms with Crippen molar-refractivity contribution in [2.75, 3.05) is 13.1 Å². The van der Waals surface area contributed by atoms with Crippen molar-refractivity contribution in [3.05, 3.63) is 59.4 Å². The quantitative estimate of drug-likeness (QED) is 0.835. The van der Waals surface area contributed by atoms with E-state index in [1.165, 1.54) is 0 Å². The van der Waals surface area contributed by atoms with Crippen molar-refractivity contribution in [1.29, 1.82) is 0 Å². The molecule has 6 nitrogen and oxygen atoms in total. The number of fused-ring (bicyclic) bond motifs is 1. The monoisotopic (exact) mass is 401 g/mol. The SMILES string of the molecule is CC(C)(C)C(=O)N1CCc2ccc(S(=O)(=O)NCCc3ccccn3)cc2C1. The molecule has 3 rings (SSSR count). The number of aromatic nitrogens is 1. The van der Waals surface area contributed by atoms with E-state index in [1.807, 2.05) is 49.9 Å². The van der Waals surface area contributed by atoms with Crippen LogP contribution < -0.4 is 4.72 Å². The number of nitrogens with zero attached hydrogens (tertiary/aromatic N) is 2. The molecule has 0 fully saturated rings. The lowest BCUT2D eigenvalue weighted by Crippen LogP contribution is -2.42. The van der Waals surface area contributed by atoms with Gasteiger partial charge in [-0.15, -0.1) is 0 Å². The fourth-order valence-corrected chi connectivity index (χ4v) is 4.37. The van der Waals surface area contributed by atoms with Crippen molar-refractivity contribution >= 4 is 15.9 Å². The van der Waals surface area contributed by atoms with Gasteiger partial charge in [0.2, 0.25) is 15.9 Å². The minimum Gasteiger partial charge on any atom is -0.338 e. The van der Waals surface area contributed by atoms with Crippen LogP contribution in [0.1, 0.15) is 37.6 Å². The maximum absolute atomic E-state index is 12.7. The molecule has 2 aromatic rings. The minimum absolute atomic E-state index is 0.0832. The Morgan fingerprint density at radius 3 is 2.64 bits per heavy atom. The Kier molecular flexibility index (Phi) is 5.86. The molecule has 7 heteroatoms. The van der Waals surface area contributed by atoms with Gasteiger partial charge in [0.15, 0.2) is 0 Å². The Labute approximate surface area is 167 Å². The Hall–Kier alpha value is -2.25. The number of hydrogen-bond donors (Lipinski definition) is 1. The van der Waals surface area contributed by atoms with Crippen molar-refractivity contribution in [2.45, 2.75) is 45.1 Å². The zero-order valence-electron chi connectivity index (χ0n) is 16.6. The fraction of sp³-hybridized carbons (Fsp3) is 0.429. The van der Waals surface area contributed by atoms with Crippen LogP contribution in [0.25, 0.3) is 0 Å². The van der Waals surface area contributed by atoms with E-state index in [1.54, 1.807) is 18.3 Å². The Bertz CT molecular complexity index is 951. The van der Waals surface area contributed by atoms with Crippen LogP contribution in [-0.2, 0) is 34.2 Å². The second-order valence-corrected chi connectivity index (χ2v) is 9.89. The predicted octanol–water partition coefficient (Wildman–Crippen LogP) is 2.53. The highest BCUT2D eigenvalue weighted by atomic mass is 32.2. The molecular formula is C21H27N3O3S. The number of pyridine rings is 1. The lowest BCUT2D eigenvalue weighted by Gasteiger charge is -2.33. The molecule has 0 atom stereocenters. The third kappa shape index (κ3) is 4.77. The number of rotatable bonds is 5. The predicted molar refractivity (Wildman–Crippen MR) is 108 cm³/mol. The van der Waals surface area contributed by atoms with Crippen LogP contribution in [0.5, 0.6) is 0 Å². The van der Waals surface area contributed by atoms with Crippen molar-refractivity contribution in [3.8, 4) is 0 Å². The smallest absolute Gasteiger partial charge is 0.240 e. The summed E-state index contributed by atoms with van der Waals surface area (Å²) >= 11 is 0. The molecule has 28 heavy (non-hydrogen) atoms. The molecule has 0 unspecified atom stereocenters. The lowest BCUT2D eigenvalue weighted by atomic mass is 9.92. The molecule has 0 radical (unpaired) electrons. The molecule has 0 saturated carbocycles. The molecule has 2 heterocycles. The van der Waals surface area contributed by atoms with Gasteiger partial charge in [-0.2, -0.15) is 0 Å². The first-order chi connectivity index (χ1) is 13.2. The van der Waals surface area contributed by atoms with E-state index in [0.29, 0.717) is 19.5 Å². The molecule has 1 aromatic heterocycles. The average molecular weight is 402 g/mol. The van der Waals surface area contributed by atoms with Crippen molar-refractivity contribution in [3.63, 3.8) is 0 Å². The molecule has 0 bridgehead atoms. The zero-order chi connectivity index (χ0) is 20.4. The van der Waals surface area contributed by atoms with Crippen LogP contribution in [-0.4, -0.2) is 37.3 Å². The zero-order valence-corrected chi connectivity index (χ0v) is 17.4. The summed E-state index contributed by atoms with van der Waals surface area (Å²) in [6.07, 6.45) is 2.96. The van der Waals surface area contributed by atoms with Crippen LogP contribution >= 0.6 is 0 Å². The Morgan fingerprint density at radius 2 is 1.96 bits per heavy atom. The van der Waals surface area contributed by atoms with Gasteiger partial charge in [-0.25, -0.2) is 13.1 Å². The van der Waals surface area contributed by atoms with Crippen LogP contribution in [0.2, 0.25) is 0 Å². The van der Waals surface area contributed by atoms with Gasteiger partial charge in [-0.1, -0.05) is 32.9 Å². The van der Waals surface area contributed by atoms with Gasteiger partial charge < -0.3 is 4.90 Å². The molecule has 1 aliphatic heterocycles. The molecule has 150 valence electrons. The topological polar surface area (TPSA) is 79.4 Å². The highest BCUT2D eigenvalue weighted by molar-refractivity contribution is 7.89. The summed E-state index contributed by atoms with van der Waals surface area (Å²) in [5.74, 6) is 0.0832. The molecule has 1 aliphatic rings. The lowest BCUT2D eigenvalue weighted by molar-refractivity contribution is -0.140. The van der Waals surface area contributed by atoms with Gasteiger partial charge >= 0.3 is 0 Å². The van der Waals surface area contributed by atoms with Gasteiger partial charge in [-0.05, 0) is 41.8 Å². The van der Waals surface area contributed by atoms with Gasteiger partial charge in [0.05, 0.1) is 4.90 Å². The Morgan fingerprint density at radius 1 is 1.18 bits per heavy atom. The largest absolute Gasteiger partial charge is 0.338 e. The van der Waals surface area contributed by atoms with E-state index in [2.05, 4.69) is 9.71 Å². The number of amides is 1. The third-order valence-corrected chi connectivity index (χ3v) is 6.29. The molecule has 1 aromatic carbocycles. The molecule has 0 spiro atoms. The maximum atomic E-state index is 12.7. The number of sulfonamides is 1. The van der Waals surface area contributed by atoms with Crippen LogP contribution in [0.4, 0.5) is 0 Å². The summed E-state index contributed by atoms with van der Waals surface area (Å²) in [6, 6.07) is 10.8. The highest BCUT2D eigenvalue weighted by Crippen LogP contribution is 2.26. The number of carbonyl (C=O) groups is 1. The number of carbonyl (C=O) groups excluding carboxylic acids is 1. The third-order valence-electron chi connectivity index (χ3n) is 4.83. The molecule has 0 saturated heterocycles. The van der Waals surface area contributed by atoms with Crippen LogP contribution in [0.15, 0.2) is 47.5 Å². The Balaban J connectivity index is 1.71. The summed E-state index contributed by atoms with van der Waals surface area (Å²) in [5.41, 5.74) is 2.39. The van der Waals surface area contributed by atoms with E-state index < -0.39 is 15.4 Å². The van der Waals surface area contributed by atoms with Crippen LogP contribution in [0.3, 0.4) is 0 Å². The van der Waals surface area contributed by atoms with E-state index in [0.717, 1.165) is 23.2 Å². The van der Waals surface area contributed by atoms with Crippen molar-refractivity contribution in [1.82, 2.24) is 14.6 Å². The summed E-state index contributed by atoms with van der Waals surface area (Å²) in [6.45, 7) is 7.09. The second kappa shape index (κ2) is 8.01. The van der Waals surface area contributed by atoms with Gasteiger partial charge in [0, 0.05) is 43.4 Å². The average Bonchev–Trinajstić information content (AvgIpc) is 2.66. The van der Waals surface area contributed by atoms with E-state index in [4.69, 9.17) is 0 Å². The summed E-state index contributed by atoms with van der Waals surface area (Å²) < 4.78 is 28.0. The number of benzene rings is 1. The highest BCUT2D eigenvalue weighted by Gasteiger charge is 2.30. The molecule has 1 amide bonds. The molecule has 0 aliphatic carbocycles. The number of nitrogens with one attached hydrogen (secondary N) is 1. The van der Waals surface area contributed by atoms with Gasteiger partial charge in [-0.3, -0.25) is 9.78 Å². The fourth-order valence-electron chi connectivity index (χ4n) is 3.29. The standard InChI is InChI=1S/C21H27N3O3S/c1-21(2,3)20(25)24-13-10-16-7-8-19(14-17(16)15-24)28(26,27)23-12-9-18-6-4-5-11-22-18/h4-8,11,14,23H,9-10,12-13,15H2,1-3H3. The van der Waals surface area contributed by atoms with Crippen molar-refractivity contribution < 1.29 is 13.2 Å². The van der Waals surface area contributed by atoms with E-state index in [-0.39, 0.29) is 17.3 Å². The molecular weight excluding hydrogens is 374 g/mol. The van der Waals surface area contributed by atoms with E-state index in [9.17, 15) is 13.2 Å². The minimum atomic E-state index is -3.61. The van der Waals surface area contributed by atoms with Gasteiger partial charge in [0.1, 0.15) is 0 Å². The summed E-state index contributed by atoms with van der Waals surface area (Å²) in [5, 5.41) is 0.